The monoisotopic (exact) mass is 399 g/mol. The van der Waals surface area contributed by atoms with Crippen molar-refractivity contribution < 1.29 is 17.5 Å². The first-order chi connectivity index (χ1) is 13.3. The third-order valence-corrected chi connectivity index (χ3v) is 4.62. The normalized spacial score (nSPS) is 10.9. The number of nitrogens with one attached hydrogen (secondary N) is 2. The molecule has 0 bridgehead atoms. The van der Waals surface area contributed by atoms with E-state index in [1.54, 1.807) is 48.5 Å². The topological polar surface area (TPSA) is 111 Å². The second-order valence-corrected chi connectivity index (χ2v) is 7.21. The van der Waals surface area contributed by atoms with Gasteiger partial charge in [0.2, 0.25) is 0 Å². The first-order valence-corrected chi connectivity index (χ1v) is 9.63. The van der Waals surface area contributed by atoms with Crippen LogP contribution < -0.4 is 14.2 Å². The Morgan fingerprint density at radius 1 is 0.929 bits per heavy atom. The summed E-state index contributed by atoms with van der Waals surface area (Å²) in [4.78, 5) is 10.8. The van der Waals surface area contributed by atoms with Gasteiger partial charge < -0.3 is 9.50 Å². The van der Waals surface area contributed by atoms with Crippen molar-refractivity contribution in [1.82, 2.24) is 0 Å². The molecular formula is C19H17N3O5S. The zero-order valence-corrected chi connectivity index (χ0v) is 15.6. The summed E-state index contributed by atoms with van der Waals surface area (Å²) in [5, 5.41) is 14.3. The lowest BCUT2D eigenvalue weighted by Gasteiger charge is -2.11. The second-order valence-electron chi connectivity index (χ2n) is 5.93. The number of benzene rings is 3. The van der Waals surface area contributed by atoms with Crippen molar-refractivity contribution in [2.24, 2.45) is 0 Å². The predicted octanol–water partition coefficient (Wildman–Crippen LogP) is 4.38. The van der Waals surface area contributed by atoms with E-state index in [2.05, 4.69) is 10.0 Å². The molecule has 0 amide bonds. The van der Waals surface area contributed by atoms with E-state index < -0.39 is 15.2 Å². The molecule has 0 heterocycles. The Hall–Kier alpha value is -3.59. The van der Waals surface area contributed by atoms with E-state index >= 15 is 0 Å². The molecule has 3 aromatic rings. The molecule has 0 fully saturated rings. The summed E-state index contributed by atoms with van der Waals surface area (Å²) < 4.78 is 31.6. The molecule has 0 aromatic heterocycles. The minimum absolute atomic E-state index is 0.176. The first kappa shape index (κ1) is 19.2. The molecule has 9 heteroatoms. The van der Waals surface area contributed by atoms with Crippen molar-refractivity contribution in [3.05, 3.63) is 88.5 Å². The molecule has 3 aromatic carbocycles. The van der Waals surface area contributed by atoms with Gasteiger partial charge in [-0.3, -0.25) is 14.8 Å². The molecule has 0 saturated heterocycles. The smallest absolute Gasteiger partial charge is 0.367 e. The average Bonchev–Trinajstić information content (AvgIpc) is 2.65. The van der Waals surface area contributed by atoms with Gasteiger partial charge in [-0.2, -0.15) is 8.42 Å². The Balaban J connectivity index is 1.81. The maximum absolute atomic E-state index is 12.2. The molecule has 0 aliphatic carbocycles. The van der Waals surface area contributed by atoms with Crippen LogP contribution in [0.25, 0.3) is 0 Å². The number of hydrogen-bond donors (Lipinski definition) is 2. The third-order valence-electron chi connectivity index (χ3n) is 3.72. The second kappa shape index (κ2) is 7.97. The number of para-hydroxylation sites is 1. The SMILES string of the molecule is Cc1ccc(NS(=O)(=O)Oc2ccc(Nc3ccccc3)c([N+](=O)[O-])c2)cc1. The number of aryl methyl sites for hydroxylation is 1. The summed E-state index contributed by atoms with van der Waals surface area (Å²) in [6, 6.07) is 19.4. The van der Waals surface area contributed by atoms with Crippen LogP contribution in [0.3, 0.4) is 0 Å². The summed E-state index contributed by atoms with van der Waals surface area (Å²) in [5.41, 5.74) is 1.86. The number of nitro benzene ring substituents is 1. The van der Waals surface area contributed by atoms with Crippen LogP contribution in [0.1, 0.15) is 5.56 Å². The van der Waals surface area contributed by atoms with E-state index in [0.29, 0.717) is 11.4 Å². The fourth-order valence-electron chi connectivity index (χ4n) is 2.41. The van der Waals surface area contributed by atoms with Gasteiger partial charge in [-0.1, -0.05) is 35.9 Å². The Bertz CT molecular complexity index is 1080. The van der Waals surface area contributed by atoms with Crippen LogP contribution in [-0.2, 0) is 10.3 Å². The summed E-state index contributed by atoms with van der Waals surface area (Å²) in [6.45, 7) is 1.87. The first-order valence-electron chi connectivity index (χ1n) is 8.22. The minimum atomic E-state index is -4.21. The molecule has 2 N–H and O–H groups in total. The van der Waals surface area contributed by atoms with E-state index in [0.717, 1.165) is 11.6 Å². The zero-order chi connectivity index (χ0) is 20.1. The van der Waals surface area contributed by atoms with E-state index in [1.165, 1.54) is 12.1 Å². The number of rotatable bonds is 7. The van der Waals surface area contributed by atoms with Gasteiger partial charge in [-0.25, -0.2) is 0 Å². The van der Waals surface area contributed by atoms with Crippen LogP contribution in [0.5, 0.6) is 5.75 Å². The molecular weight excluding hydrogens is 382 g/mol. The van der Waals surface area contributed by atoms with Crippen molar-refractivity contribution in [2.45, 2.75) is 6.92 Å². The molecule has 0 atom stereocenters. The fraction of sp³-hybridized carbons (Fsp3) is 0.0526. The van der Waals surface area contributed by atoms with Crippen LogP contribution in [0.4, 0.5) is 22.7 Å². The maximum Gasteiger partial charge on any atom is 0.407 e. The lowest BCUT2D eigenvalue weighted by molar-refractivity contribution is -0.384. The van der Waals surface area contributed by atoms with Crippen molar-refractivity contribution in [1.29, 1.82) is 0 Å². The van der Waals surface area contributed by atoms with Crippen LogP contribution >= 0.6 is 0 Å². The molecule has 0 aliphatic rings. The van der Waals surface area contributed by atoms with Crippen molar-refractivity contribution in [3.8, 4) is 5.75 Å². The Morgan fingerprint density at radius 3 is 2.25 bits per heavy atom. The quantitative estimate of drug-likeness (QED) is 0.450. The van der Waals surface area contributed by atoms with Crippen molar-refractivity contribution in [2.75, 3.05) is 10.0 Å². The van der Waals surface area contributed by atoms with Gasteiger partial charge in [0.1, 0.15) is 5.69 Å². The highest BCUT2D eigenvalue weighted by Gasteiger charge is 2.19. The van der Waals surface area contributed by atoms with Gasteiger partial charge in [0.15, 0.2) is 5.75 Å². The lowest BCUT2D eigenvalue weighted by Crippen LogP contribution is -2.19. The standard InChI is InChI=1S/C19H17N3O5S/c1-14-7-9-16(10-8-14)21-28(25,26)27-17-11-12-18(19(13-17)22(23)24)20-15-5-3-2-4-6-15/h2-13,20-21H,1H3. The van der Waals surface area contributed by atoms with E-state index in [-0.39, 0.29) is 17.1 Å². The Morgan fingerprint density at radius 2 is 1.61 bits per heavy atom. The highest BCUT2D eigenvalue weighted by atomic mass is 32.2. The summed E-state index contributed by atoms with van der Waals surface area (Å²) >= 11 is 0. The highest BCUT2D eigenvalue weighted by Crippen LogP contribution is 2.32. The molecule has 0 unspecified atom stereocenters. The number of nitro groups is 1. The van der Waals surface area contributed by atoms with Gasteiger partial charge in [-0.15, -0.1) is 0 Å². The summed E-state index contributed by atoms with van der Waals surface area (Å²) in [5.74, 6) is -0.176. The van der Waals surface area contributed by atoms with Gasteiger partial charge in [0.25, 0.3) is 5.69 Å². The molecule has 0 saturated carbocycles. The van der Waals surface area contributed by atoms with E-state index in [1.807, 2.05) is 13.0 Å². The van der Waals surface area contributed by atoms with Gasteiger partial charge >= 0.3 is 10.3 Å². The van der Waals surface area contributed by atoms with Gasteiger partial charge in [0.05, 0.1) is 16.7 Å². The van der Waals surface area contributed by atoms with Crippen LogP contribution in [0.2, 0.25) is 0 Å². The molecule has 0 radical (unpaired) electrons. The number of hydrogen-bond acceptors (Lipinski definition) is 6. The number of anilines is 3. The predicted molar refractivity (Wildman–Crippen MR) is 107 cm³/mol. The lowest BCUT2D eigenvalue weighted by atomic mass is 10.2. The van der Waals surface area contributed by atoms with E-state index in [4.69, 9.17) is 4.18 Å². The van der Waals surface area contributed by atoms with Crippen LogP contribution in [0.15, 0.2) is 72.8 Å². The Labute approximate surface area is 162 Å². The largest absolute Gasteiger partial charge is 0.407 e. The summed E-state index contributed by atoms with van der Waals surface area (Å²) in [7, 11) is -4.21. The maximum atomic E-state index is 12.2. The average molecular weight is 399 g/mol. The van der Waals surface area contributed by atoms with E-state index in [9.17, 15) is 18.5 Å². The molecule has 0 spiro atoms. The molecule has 0 aliphatic heterocycles. The Kier molecular flexibility index (Phi) is 5.46. The van der Waals surface area contributed by atoms with Gasteiger partial charge in [-0.05, 0) is 43.3 Å². The molecule has 8 nitrogen and oxygen atoms in total. The molecule has 28 heavy (non-hydrogen) atoms. The minimum Gasteiger partial charge on any atom is -0.367 e. The van der Waals surface area contributed by atoms with Crippen molar-refractivity contribution in [3.63, 3.8) is 0 Å². The third kappa shape index (κ3) is 4.98. The van der Waals surface area contributed by atoms with Crippen molar-refractivity contribution >= 4 is 33.1 Å². The van der Waals surface area contributed by atoms with Crippen LogP contribution in [0, 0.1) is 17.0 Å². The summed E-state index contributed by atoms with van der Waals surface area (Å²) in [6.07, 6.45) is 0. The molecule has 144 valence electrons. The fourth-order valence-corrected chi connectivity index (χ4v) is 3.23. The molecule has 3 rings (SSSR count). The number of nitrogens with zero attached hydrogens (tertiary/aromatic N) is 1. The highest BCUT2D eigenvalue weighted by molar-refractivity contribution is 7.88. The zero-order valence-electron chi connectivity index (χ0n) is 14.8. The van der Waals surface area contributed by atoms with Gasteiger partial charge in [0, 0.05) is 5.69 Å². The van der Waals surface area contributed by atoms with Crippen LogP contribution in [-0.4, -0.2) is 13.3 Å².